The van der Waals surface area contributed by atoms with E-state index in [0.29, 0.717) is 12.0 Å². The molecule has 0 atom stereocenters. The Morgan fingerprint density at radius 3 is 2.70 bits per heavy atom. The van der Waals surface area contributed by atoms with Gasteiger partial charge in [0.1, 0.15) is 5.82 Å². The van der Waals surface area contributed by atoms with Crippen LogP contribution in [0, 0.1) is 12.7 Å². The molecule has 0 nitrogen and oxygen atoms in total. The van der Waals surface area contributed by atoms with Crippen molar-refractivity contribution in [1.82, 2.24) is 0 Å². The summed E-state index contributed by atoms with van der Waals surface area (Å²) < 4.78 is 13.5. The quantitative estimate of drug-likeness (QED) is 0.656. The number of hydrogen-bond donors (Lipinski definition) is 0. The van der Waals surface area contributed by atoms with Gasteiger partial charge in [-0.3, -0.25) is 0 Å². The Morgan fingerprint density at radius 1 is 1.50 bits per heavy atom. The van der Waals surface area contributed by atoms with Crippen molar-refractivity contribution in [2.24, 2.45) is 0 Å². The summed E-state index contributed by atoms with van der Waals surface area (Å²) in [6.45, 7) is 3.59. The predicted octanol–water partition coefficient (Wildman–Crippen LogP) is 2.96. The predicted molar refractivity (Wildman–Crippen MR) is 43.2 cm³/mol. The Labute approximate surface area is 68.2 Å². The molecule has 10 heavy (non-hydrogen) atoms. The summed E-state index contributed by atoms with van der Waals surface area (Å²) >= 11 is 3.17. The molecular formula is C8H7BrF. The van der Waals surface area contributed by atoms with Gasteiger partial charge in [-0.15, -0.1) is 0 Å². The van der Waals surface area contributed by atoms with Crippen LogP contribution in [0.3, 0.4) is 0 Å². The van der Waals surface area contributed by atoms with Gasteiger partial charge in [0.05, 0.1) is 0 Å². The molecule has 2 heteroatoms. The van der Waals surface area contributed by atoms with Crippen LogP contribution in [0.1, 0.15) is 5.56 Å². The summed E-state index contributed by atoms with van der Waals surface area (Å²) in [5.41, 5.74) is 0.656. The molecule has 0 unspecified atom stereocenters. The van der Waals surface area contributed by atoms with Gasteiger partial charge in [0.25, 0.3) is 0 Å². The average molecular weight is 202 g/mol. The first kappa shape index (κ1) is 7.73. The first-order valence-corrected chi connectivity index (χ1v) is 3.76. The van der Waals surface area contributed by atoms with Crippen LogP contribution in [0.2, 0.25) is 0 Å². The number of rotatable bonds is 1. The molecule has 0 aliphatic rings. The molecule has 0 aliphatic carbocycles. The SMILES string of the molecule is [CH2]Cc1ccc(Br)cc1F. The Hall–Kier alpha value is -0.370. The fourth-order valence-corrected chi connectivity index (χ4v) is 1.06. The van der Waals surface area contributed by atoms with Crippen molar-refractivity contribution in [2.45, 2.75) is 6.42 Å². The molecule has 0 fully saturated rings. The van der Waals surface area contributed by atoms with Crippen molar-refractivity contribution in [3.8, 4) is 0 Å². The van der Waals surface area contributed by atoms with Gasteiger partial charge in [-0.25, -0.2) is 4.39 Å². The van der Waals surface area contributed by atoms with Gasteiger partial charge >= 0.3 is 0 Å². The van der Waals surface area contributed by atoms with E-state index in [1.165, 1.54) is 6.07 Å². The number of benzene rings is 1. The van der Waals surface area contributed by atoms with E-state index in [4.69, 9.17) is 0 Å². The zero-order chi connectivity index (χ0) is 7.56. The van der Waals surface area contributed by atoms with E-state index in [2.05, 4.69) is 22.9 Å². The van der Waals surface area contributed by atoms with Crippen molar-refractivity contribution in [2.75, 3.05) is 0 Å². The van der Waals surface area contributed by atoms with Crippen molar-refractivity contribution < 1.29 is 4.39 Å². The Bertz CT molecular complexity index is 233. The Balaban J connectivity index is 3.07. The molecule has 0 saturated heterocycles. The highest BCUT2D eigenvalue weighted by Crippen LogP contribution is 2.14. The van der Waals surface area contributed by atoms with Crippen LogP contribution in [0.25, 0.3) is 0 Å². The zero-order valence-electron chi connectivity index (χ0n) is 5.40. The van der Waals surface area contributed by atoms with Crippen LogP contribution in [0.5, 0.6) is 0 Å². The molecule has 1 rings (SSSR count). The monoisotopic (exact) mass is 201 g/mol. The summed E-state index contributed by atoms with van der Waals surface area (Å²) in [6.07, 6.45) is 0.499. The van der Waals surface area contributed by atoms with E-state index in [0.717, 1.165) is 4.47 Å². The Morgan fingerprint density at radius 2 is 2.20 bits per heavy atom. The van der Waals surface area contributed by atoms with Crippen LogP contribution in [0.15, 0.2) is 22.7 Å². The summed E-state index contributed by atoms with van der Waals surface area (Å²) in [4.78, 5) is 0. The van der Waals surface area contributed by atoms with Gasteiger partial charge in [0.2, 0.25) is 0 Å². The lowest BCUT2D eigenvalue weighted by Gasteiger charge is -1.97. The minimum Gasteiger partial charge on any atom is -0.207 e. The molecule has 0 spiro atoms. The normalized spacial score (nSPS) is 9.90. The molecule has 1 aromatic carbocycles. The lowest BCUT2D eigenvalue weighted by molar-refractivity contribution is 0.614. The summed E-state index contributed by atoms with van der Waals surface area (Å²) in [6, 6.07) is 4.98. The zero-order valence-corrected chi connectivity index (χ0v) is 6.99. The highest BCUT2D eigenvalue weighted by atomic mass is 79.9. The first-order chi connectivity index (χ1) is 4.74. The van der Waals surface area contributed by atoms with Crippen molar-refractivity contribution in [3.63, 3.8) is 0 Å². The van der Waals surface area contributed by atoms with Crippen LogP contribution in [-0.2, 0) is 6.42 Å². The molecule has 0 aromatic heterocycles. The highest BCUT2D eigenvalue weighted by Gasteiger charge is 1.98. The second kappa shape index (κ2) is 3.15. The summed E-state index contributed by atoms with van der Waals surface area (Å²) in [5, 5.41) is 0. The summed E-state index contributed by atoms with van der Waals surface area (Å²) in [7, 11) is 0. The van der Waals surface area contributed by atoms with Crippen molar-refractivity contribution >= 4 is 15.9 Å². The van der Waals surface area contributed by atoms with Crippen LogP contribution in [-0.4, -0.2) is 0 Å². The molecule has 0 bridgehead atoms. The Kier molecular flexibility index (Phi) is 2.44. The van der Waals surface area contributed by atoms with Crippen LogP contribution >= 0.6 is 15.9 Å². The van der Waals surface area contributed by atoms with E-state index in [-0.39, 0.29) is 5.82 Å². The molecule has 53 valence electrons. The first-order valence-electron chi connectivity index (χ1n) is 2.97. The van der Waals surface area contributed by atoms with E-state index < -0.39 is 0 Å². The average Bonchev–Trinajstić information content (AvgIpc) is 1.88. The van der Waals surface area contributed by atoms with Gasteiger partial charge in [0, 0.05) is 4.47 Å². The standard InChI is InChI=1S/C8H7BrF/c1-2-6-3-4-7(9)5-8(6)10/h3-5H,1-2H2. The third-order valence-corrected chi connectivity index (χ3v) is 1.78. The van der Waals surface area contributed by atoms with Gasteiger partial charge in [-0.05, 0) is 31.0 Å². The van der Waals surface area contributed by atoms with Gasteiger partial charge in [-0.2, -0.15) is 0 Å². The fourth-order valence-electron chi connectivity index (χ4n) is 0.724. The minimum atomic E-state index is -0.190. The smallest absolute Gasteiger partial charge is 0.127 e. The van der Waals surface area contributed by atoms with Gasteiger partial charge < -0.3 is 0 Å². The lowest BCUT2D eigenvalue weighted by atomic mass is 10.2. The molecule has 1 aromatic rings. The van der Waals surface area contributed by atoms with E-state index in [9.17, 15) is 4.39 Å². The maximum Gasteiger partial charge on any atom is 0.127 e. The second-order valence-electron chi connectivity index (χ2n) is 1.99. The number of halogens is 2. The van der Waals surface area contributed by atoms with Crippen molar-refractivity contribution in [1.29, 1.82) is 0 Å². The fraction of sp³-hybridized carbons (Fsp3) is 0.125. The van der Waals surface area contributed by atoms with E-state index >= 15 is 0 Å². The second-order valence-corrected chi connectivity index (χ2v) is 2.90. The summed E-state index contributed by atoms with van der Waals surface area (Å²) in [5.74, 6) is -0.190. The van der Waals surface area contributed by atoms with Crippen LogP contribution in [0.4, 0.5) is 4.39 Å². The molecule has 0 N–H and O–H groups in total. The van der Waals surface area contributed by atoms with Gasteiger partial charge in [0.15, 0.2) is 0 Å². The van der Waals surface area contributed by atoms with Crippen LogP contribution < -0.4 is 0 Å². The minimum absolute atomic E-state index is 0.190. The molecular weight excluding hydrogens is 195 g/mol. The van der Waals surface area contributed by atoms with E-state index in [1.807, 2.05) is 6.07 Å². The third-order valence-electron chi connectivity index (χ3n) is 1.28. The highest BCUT2D eigenvalue weighted by molar-refractivity contribution is 9.10. The van der Waals surface area contributed by atoms with E-state index in [1.54, 1.807) is 6.07 Å². The third kappa shape index (κ3) is 1.57. The maximum atomic E-state index is 12.8. The largest absolute Gasteiger partial charge is 0.207 e. The molecule has 1 radical (unpaired) electrons. The molecule has 0 heterocycles. The molecule has 0 saturated carbocycles. The van der Waals surface area contributed by atoms with Gasteiger partial charge in [-0.1, -0.05) is 22.0 Å². The molecule has 0 amide bonds. The molecule has 0 aliphatic heterocycles. The van der Waals surface area contributed by atoms with Crippen molar-refractivity contribution in [3.05, 3.63) is 41.0 Å². The lowest BCUT2D eigenvalue weighted by Crippen LogP contribution is -1.85. The maximum absolute atomic E-state index is 12.8. The topological polar surface area (TPSA) is 0 Å². The number of hydrogen-bond acceptors (Lipinski definition) is 0.